The lowest BCUT2D eigenvalue weighted by atomic mass is 9.93. The molecule has 0 aliphatic carbocycles. The van der Waals surface area contributed by atoms with Crippen LogP contribution in [-0.4, -0.2) is 6.54 Å². The molecule has 0 spiro atoms. The summed E-state index contributed by atoms with van der Waals surface area (Å²) in [5, 5.41) is 3.42. The zero-order chi connectivity index (χ0) is 8.55. The van der Waals surface area contributed by atoms with E-state index in [9.17, 15) is 0 Å². The first-order chi connectivity index (χ1) is 5.77. The van der Waals surface area contributed by atoms with E-state index in [1.807, 2.05) is 0 Å². The smallest absolute Gasteiger partial charge is 0.0334 e. The molecule has 1 fully saturated rings. The van der Waals surface area contributed by atoms with E-state index in [0.717, 1.165) is 0 Å². The Morgan fingerprint density at radius 2 is 2.08 bits per heavy atom. The fraction of sp³-hybridized carbons (Fsp3) is 0.455. The van der Waals surface area contributed by atoms with Gasteiger partial charge in [-0.1, -0.05) is 23.8 Å². The topological polar surface area (TPSA) is 12.0 Å². The molecule has 1 saturated heterocycles. The molecule has 1 aliphatic heterocycles. The van der Waals surface area contributed by atoms with Crippen LogP contribution < -0.4 is 5.32 Å². The third-order valence-corrected chi connectivity index (χ3v) is 2.62. The van der Waals surface area contributed by atoms with Gasteiger partial charge in [0.15, 0.2) is 0 Å². The first-order valence-corrected chi connectivity index (χ1v) is 4.58. The molecule has 0 amide bonds. The molecule has 1 unspecified atom stereocenters. The molecule has 1 aliphatic rings. The summed E-state index contributed by atoms with van der Waals surface area (Å²) in [6.07, 6.45) is 1.30. The summed E-state index contributed by atoms with van der Waals surface area (Å²) in [6, 6.07) is 7.34. The first-order valence-electron chi connectivity index (χ1n) is 4.58. The fourth-order valence-electron chi connectivity index (χ4n) is 1.77. The summed E-state index contributed by atoms with van der Waals surface area (Å²) in [7, 11) is 0. The SMILES string of the molecule is Cc1ccc(C2CCN2)c(C)c1. The van der Waals surface area contributed by atoms with Crippen molar-refractivity contribution in [2.24, 2.45) is 0 Å². The molecular weight excluding hydrogens is 146 g/mol. The molecule has 1 N–H and O–H groups in total. The molecule has 1 nitrogen and oxygen atoms in total. The van der Waals surface area contributed by atoms with E-state index in [1.165, 1.54) is 29.7 Å². The molecular formula is C11H15N. The summed E-state index contributed by atoms with van der Waals surface area (Å²) < 4.78 is 0. The number of aryl methyl sites for hydroxylation is 2. The Morgan fingerprint density at radius 1 is 1.33 bits per heavy atom. The number of hydrogen-bond acceptors (Lipinski definition) is 1. The molecule has 0 bridgehead atoms. The Labute approximate surface area is 73.8 Å². The lowest BCUT2D eigenvalue weighted by Gasteiger charge is -2.29. The maximum absolute atomic E-state index is 3.42. The summed E-state index contributed by atoms with van der Waals surface area (Å²) >= 11 is 0. The molecule has 2 rings (SSSR count). The van der Waals surface area contributed by atoms with E-state index < -0.39 is 0 Å². The molecule has 1 atom stereocenters. The predicted molar refractivity (Wildman–Crippen MR) is 51.3 cm³/mol. The van der Waals surface area contributed by atoms with Gasteiger partial charge in [-0.25, -0.2) is 0 Å². The van der Waals surface area contributed by atoms with E-state index in [-0.39, 0.29) is 0 Å². The highest BCUT2D eigenvalue weighted by Gasteiger charge is 2.19. The standard InChI is InChI=1S/C11H15N/c1-8-3-4-10(9(2)7-8)11-5-6-12-11/h3-4,7,11-12H,5-6H2,1-2H3. The van der Waals surface area contributed by atoms with Gasteiger partial charge in [-0.15, -0.1) is 0 Å². The van der Waals surface area contributed by atoms with Crippen molar-refractivity contribution in [3.8, 4) is 0 Å². The maximum Gasteiger partial charge on any atom is 0.0334 e. The van der Waals surface area contributed by atoms with E-state index >= 15 is 0 Å². The Hall–Kier alpha value is -0.820. The zero-order valence-corrected chi connectivity index (χ0v) is 7.72. The third-order valence-electron chi connectivity index (χ3n) is 2.62. The van der Waals surface area contributed by atoms with Crippen LogP contribution in [0.5, 0.6) is 0 Å². The highest BCUT2D eigenvalue weighted by atomic mass is 15.0. The minimum absolute atomic E-state index is 0.630. The van der Waals surface area contributed by atoms with Crippen molar-refractivity contribution >= 4 is 0 Å². The van der Waals surface area contributed by atoms with Crippen LogP contribution in [0.3, 0.4) is 0 Å². The normalized spacial score (nSPS) is 22.0. The van der Waals surface area contributed by atoms with Crippen LogP contribution in [0.1, 0.15) is 29.2 Å². The van der Waals surface area contributed by atoms with Crippen LogP contribution in [0.4, 0.5) is 0 Å². The van der Waals surface area contributed by atoms with Crippen LogP contribution in [0, 0.1) is 13.8 Å². The average molecular weight is 161 g/mol. The van der Waals surface area contributed by atoms with Crippen molar-refractivity contribution in [3.63, 3.8) is 0 Å². The van der Waals surface area contributed by atoms with Gasteiger partial charge in [0.1, 0.15) is 0 Å². The largest absolute Gasteiger partial charge is 0.310 e. The molecule has 0 radical (unpaired) electrons. The van der Waals surface area contributed by atoms with Crippen molar-refractivity contribution in [1.29, 1.82) is 0 Å². The van der Waals surface area contributed by atoms with Crippen LogP contribution in [0.15, 0.2) is 18.2 Å². The Morgan fingerprint density at radius 3 is 2.58 bits per heavy atom. The number of hydrogen-bond donors (Lipinski definition) is 1. The van der Waals surface area contributed by atoms with E-state index in [4.69, 9.17) is 0 Å². The maximum atomic E-state index is 3.42. The van der Waals surface area contributed by atoms with Crippen molar-refractivity contribution in [3.05, 3.63) is 34.9 Å². The van der Waals surface area contributed by atoms with E-state index in [0.29, 0.717) is 6.04 Å². The molecule has 64 valence electrons. The van der Waals surface area contributed by atoms with Gasteiger partial charge in [0.25, 0.3) is 0 Å². The van der Waals surface area contributed by atoms with Gasteiger partial charge < -0.3 is 5.32 Å². The average Bonchev–Trinajstić information content (AvgIpc) is 1.91. The molecule has 0 aromatic heterocycles. The lowest BCUT2D eigenvalue weighted by Crippen LogP contribution is -2.35. The van der Waals surface area contributed by atoms with Gasteiger partial charge in [-0.3, -0.25) is 0 Å². The number of rotatable bonds is 1. The van der Waals surface area contributed by atoms with Crippen LogP contribution in [0.25, 0.3) is 0 Å². The second kappa shape index (κ2) is 2.91. The van der Waals surface area contributed by atoms with Crippen molar-refractivity contribution in [2.75, 3.05) is 6.54 Å². The second-order valence-corrected chi connectivity index (χ2v) is 3.66. The van der Waals surface area contributed by atoms with Crippen LogP contribution in [-0.2, 0) is 0 Å². The highest BCUT2D eigenvalue weighted by Crippen LogP contribution is 2.25. The summed E-state index contributed by atoms with van der Waals surface area (Å²) in [5.41, 5.74) is 4.26. The monoisotopic (exact) mass is 161 g/mol. The fourth-order valence-corrected chi connectivity index (χ4v) is 1.77. The van der Waals surface area contributed by atoms with Crippen molar-refractivity contribution < 1.29 is 0 Å². The Bertz CT molecular complexity index is 287. The second-order valence-electron chi connectivity index (χ2n) is 3.66. The first kappa shape index (κ1) is 7.81. The molecule has 1 aromatic rings. The van der Waals surface area contributed by atoms with Gasteiger partial charge in [-0.2, -0.15) is 0 Å². The van der Waals surface area contributed by atoms with Gasteiger partial charge in [-0.05, 0) is 37.9 Å². The Balaban J connectivity index is 2.31. The van der Waals surface area contributed by atoms with Gasteiger partial charge in [0.2, 0.25) is 0 Å². The van der Waals surface area contributed by atoms with Gasteiger partial charge >= 0.3 is 0 Å². The predicted octanol–water partition coefficient (Wildman–Crippen LogP) is 2.34. The minimum atomic E-state index is 0.630. The van der Waals surface area contributed by atoms with Gasteiger partial charge in [0.05, 0.1) is 0 Å². The summed E-state index contributed by atoms with van der Waals surface area (Å²) in [4.78, 5) is 0. The molecule has 1 aromatic carbocycles. The zero-order valence-electron chi connectivity index (χ0n) is 7.72. The Kier molecular flexibility index (Phi) is 1.89. The number of benzene rings is 1. The molecule has 12 heavy (non-hydrogen) atoms. The quantitative estimate of drug-likeness (QED) is 0.666. The molecule has 1 heterocycles. The van der Waals surface area contributed by atoms with Crippen molar-refractivity contribution in [2.45, 2.75) is 26.3 Å². The summed E-state index contributed by atoms with van der Waals surface area (Å²) in [6.45, 7) is 5.52. The van der Waals surface area contributed by atoms with E-state index in [2.05, 4.69) is 37.4 Å². The number of nitrogens with one attached hydrogen (secondary N) is 1. The minimum Gasteiger partial charge on any atom is -0.310 e. The van der Waals surface area contributed by atoms with E-state index in [1.54, 1.807) is 0 Å². The lowest BCUT2D eigenvalue weighted by molar-refractivity contribution is 0.382. The highest BCUT2D eigenvalue weighted by molar-refractivity contribution is 5.33. The van der Waals surface area contributed by atoms with Crippen molar-refractivity contribution in [1.82, 2.24) is 5.32 Å². The third kappa shape index (κ3) is 1.25. The van der Waals surface area contributed by atoms with Crippen LogP contribution >= 0.6 is 0 Å². The summed E-state index contributed by atoms with van der Waals surface area (Å²) in [5.74, 6) is 0. The van der Waals surface area contributed by atoms with Gasteiger partial charge in [0, 0.05) is 6.04 Å². The molecule has 1 heteroatoms. The van der Waals surface area contributed by atoms with Crippen LogP contribution in [0.2, 0.25) is 0 Å². The molecule has 0 saturated carbocycles.